The summed E-state index contributed by atoms with van der Waals surface area (Å²) in [6.45, 7) is 14.0. The molecular formula is C18H30IN5O. The molecular weight excluding hydrogens is 429 g/mol. The van der Waals surface area contributed by atoms with Crippen LogP contribution in [0.25, 0.3) is 0 Å². The molecule has 0 atom stereocenters. The van der Waals surface area contributed by atoms with E-state index in [0.717, 1.165) is 19.0 Å². The molecule has 0 radical (unpaired) electrons. The quantitative estimate of drug-likeness (QED) is 0.307. The molecule has 0 spiro atoms. The Morgan fingerprint density at radius 2 is 2.04 bits per heavy atom. The van der Waals surface area contributed by atoms with Gasteiger partial charge in [0.1, 0.15) is 0 Å². The lowest BCUT2D eigenvalue weighted by Gasteiger charge is -2.62. The van der Waals surface area contributed by atoms with E-state index >= 15 is 0 Å². The molecule has 1 amide bonds. The monoisotopic (exact) mass is 459 g/mol. The number of pyridine rings is 1. The van der Waals surface area contributed by atoms with Crippen LogP contribution in [0.1, 0.15) is 45.0 Å². The smallest absolute Gasteiger partial charge is 0.252 e. The summed E-state index contributed by atoms with van der Waals surface area (Å²) in [5.41, 5.74) is 0.893. The Morgan fingerprint density at radius 1 is 1.32 bits per heavy atom. The molecule has 1 aliphatic rings. The molecule has 1 aromatic rings. The number of nitrogens with one attached hydrogen (secondary N) is 2. The maximum atomic E-state index is 12.0. The zero-order chi connectivity index (χ0) is 17.8. The molecule has 0 saturated carbocycles. The lowest BCUT2D eigenvalue weighted by Crippen LogP contribution is -2.72. The van der Waals surface area contributed by atoms with Gasteiger partial charge in [0.15, 0.2) is 5.96 Å². The molecule has 2 rings (SSSR count). The average Bonchev–Trinajstić information content (AvgIpc) is 2.56. The molecule has 0 unspecified atom stereocenters. The van der Waals surface area contributed by atoms with E-state index in [1.807, 2.05) is 0 Å². The van der Waals surface area contributed by atoms with E-state index in [2.05, 4.69) is 60.1 Å². The Kier molecular flexibility index (Phi) is 7.64. The van der Waals surface area contributed by atoms with Crippen LogP contribution in [-0.2, 0) is 0 Å². The van der Waals surface area contributed by atoms with E-state index in [0.29, 0.717) is 18.7 Å². The predicted octanol–water partition coefficient (Wildman–Crippen LogP) is 2.52. The number of aliphatic imine (C=N–C) groups is 1. The number of nitrogens with zero attached hydrogens (tertiary/aromatic N) is 3. The fourth-order valence-electron chi connectivity index (χ4n) is 2.73. The number of hydrogen-bond donors (Lipinski definition) is 2. The topological polar surface area (TPSA) is 69.6 Å². The SMILES string of the molecule is CCNC(=NCCNC(=O)c1cccnc1)N1CC(C)(C)C1(C)C.I. The standard InChI is InChI=1S/C18H29N5O.HI/c1-6-20-16(23-13-17(2,3)18(23,4)5)22-11-10-21-15(24)14-8-7-9-19-12-14;/h7-9,12H,6,10-11,13H2,1-5H3,(H,20,22)(H,21,24);1H. The molecule has 0 aliphatic carbocycles. The van der Waals surface area contributed by atoms with Gasteiger partial charge in [-0.3, -0.25) is 14.8 Å². The molecule has 1 aromatic heterocycles. The van der Waals surface area contributed by atoms with Gasteiger partial charge in [-0.05, 0) is 32.9 Å². The third-order valence-electron chi connectivity index (χ3n) is 5.06. The van der Waals surface area contributed by atoms with Crippen LogP contribution in [0.4, 0.5) is 0 Å². The van der Waals surface area contributed by atoms with Gasteiger partial charge in [0, 0.05) is 43.0 Å². The second-order valence-corrected chi connectivity index (χ2v) is 7.26. The lowest BCUT2D eigenvalue weighted by atomic mass is 9.65. The fraction of sp³-hybridized carbons (Fsp3) is 0.611. The second-order valence-electron chi connectivity index (χ2n) is 7.26. The average molecular weight is 459 g/mol. The van der Waals surface area contributed by atoms with Crippen LogP contribution in [0, 0.1) is 5.41 Å². The Labute approximate surface area is 167 Å². The van der Waals surface area contributed by atoms with E-state index in [-0.39, 0.29) is 40.8 Å². The van der Waals surface area contributed by atoms with Gasteiger partial charge in [0.25, 0.3) is 5.91 Å². The summed E-state index contributed by atoms with van der Waals surface area (Å²) in [5, 5.41) is 6.23. The highest BCUT2D eigenvalue weighted by Crippen LogP contribution is 2.46. The predicted molar refractivity (Wildman–Crippen MR) is 113 cm³/mol. The largest absolute Gasteiger partial charge is 0.356 e. The molecule has 6 nitrogen and oxygen atoms in total. The summed E-state index contributed by atoms with van der Waals surface area (Å²) in [6.07, 6.45) is 3.22. The number of carbonyl (C=O) groups excluding carboxylic acids is 1. The number of carbonyl (C=O) groups is 1. The summed E-state index contributed by atoms with van der Waals surface area (Å²) in [7, 11) is 0. The van der Waals surface area contributed by atoms with Crippen LogP contribution in [0.15, 0.2) is 29.5 Å². The van der Waals surface area contributed by atoms with Crippen LogP contribution in [0.3, 0.4) is 0 Å². The van der Waals surface area contributed by atoms with Crippen molar-refractivity contribution < 1.29 is 4.79 Å². The van der Waals surface area contributed by atoms with Crippen LogP contribution in [0.5, 0.6) is 0 Å². The normalized spacial score (nSPS) is 18.0. The van der Waals surface area contributed by atoms with Crippen molar-refractivity contribution in [1.29, 1.82) is 0 Å². The highest BCUT2D eigenvalue weighted by atomic mass is 127. The third-order valence-corrected chi connectivity index (χ3v) is 5.06. The zero-order valence-corrected chi connectivity index (χ0v) is 18.1. The maximum Gasteiger partial charge on any atom is 0.252 e. The number of halogens is 1. The van der Waals surface area contributed by atoms with Crippen molar-refractivity contribution in [1.82, 2.24) is 20.5 Å². The van der Waals surface area contributed by atoms with Gasteiger partial charge in [-0.2, -0.15) is 0 Å². The summed E-state index contributed by atoms with van der Waals surface area (Å²) in [5.74, 6) is 0.797. The summed E-state index contributed by atoms with van der Waals surface area (Å²) >= 11 is 0. The van der Waals surface area contributed by atoms with Crippen molar-refractivity contribution in [2.75, 3.05) is 26.2 Å². The van der Waals surface area contributed by atoms with Gasteiger partial charge >= 0.3 is 0 Å². The minimum Gasteiger partial charge on any atom is -0.356 e. The highest BCUT2D eigenvalue weighted by molar-refractivity contribution is 14.0. The minimum absolute atomic E-state index is 0. The van der Waals surface area contributed by atoms with Gasteiger partial charge in [0.2, 0.25) is 0 Å². The van der Waals surface area contributed by atoms with Gasteiger partial charge in [-0.25, -0.2) is 0 Å². The summed E-state index contributed by atoms with van der Waals surface area (Å²) in [4.78, 5) is 22.9. The van der Waals surface area contributed by atoms with Gasteiger partial charge in [-0.1, -0.05) is 13.8 Å². The van der Waals surface area contributed by atoms with Crippen molar-refractivity contribution in [3.05, 3.63) is 30.1 Å². The molecule has 0 aromatic carbocycles. The Morgan fingerprint density at radius 3 is 2.56 bits per heavy atom. The summed E-state index contributed by atoms with van der Waals surface area (Å²) in [6, 6.07) is 3.50. The first-order valence-electron chi connectivity index (χ1n) is 8.54. The summed E-state index contributed by atoms with van der Waals surface area (Å²) < 4.78 is 0. The number of guanidine groups is 1. The Bertz CT molecular complexity index is 601. The zero-order valence-electron chi connectivity index (χ0n) is 15.8. The van der Waals surface area contributed by atoms with E-state index in [1.54, 1.807) is 24.5 Å². The molecule has 1 saturated heterocycles. The van der Waals surface area contributed by atoms with E-state index in [9.17, 15) is 4.79 Å². The van der Waals surface area contributed by atoms with Crippen molar-refractivity contribution in [3.63, 3.8) is 0 Å². The second kappa shape index (κ2) is 8.82. The molecule has 25 heavy (non-hydrogen) atoms. The van der Waals surface area contributed by atoms with E-state index < -0.39 is 0 Å². The minimum atomic E-state index is -0.117. The Hall–Kier alpha value is -1.38. The highest BCUT2D eigenvalue weighted by Gasteiger charge is 2.53. The van der Waals surface area contributed by atoms with Crippen LogP contribution in [-0.4, -0.2) is 53.5 Å². The van der Waals surface area contributed by atoms with Gasteiger partial charge in [-0.15, -0.1) is 24.0 Å². The third kappa shape index (κ3) is 4.83. The van der Waals surface area contributed by atoms with Crippen molar-refractivity contribution in [3.8, 4) is 0 Å². The van der Waals surface area contributed by atoms with Gasteiger partial charge < -0.3 is 15.5 Å². The van der Waals surface area contributed by atoms with Crippen LogP contribution in [0.2, 0.25) is 0 Å². The molecule has 140 valence electrons. The van der Waals surface area contributed by atoms with Gasteiger partial charge in [0.05, 0.1) is 12.1 Å². The van der Waals surface area contributed by atoms with Crippen LogP contribution >= 0.6 is 24.0 Å². The molecule has 2 heterocycles. The molecule has 1 fully saturated rings. The van der Waals surface area contributed by atoms with Crippen molar-refractivity contribution in [2.24, 2.45) is 10.4 Å². The van der Waals surface area contributed by atoms with Crippen LogP contribution < -0.4 is 10.6 Å². The first-order chi connectivity index (χ1) is 11.3. The van der Waals surface area contributed by atoms with Crippen molar-refractivity contribution in [2.45, 2.75) is 40.2 Å². The Balaban J connectivity index is 0.00000312. The fourth-order valence-corrected chi connectivity index (χ4v) is 2.73. The molecule has 7 heteroatoms. The number of rotatable bonds is 5. The molecule has 0 bridgehead atoms. The van der Waals surface area contributed by atoms with E-state index in [4.69, 9.17) is 0 Å². The maximum absolute atomic E-state index is 12.0. The molecule has 1 aliphatic heterocycles. The number of amides is 1. The number of aromatic nitrogens is 1. The van der Waals surface area contributed by atoms with E-state index in [1.165, 1.54) is 0 Å². The number of likely N-dealkylation sites (tertiary alicyclic amines) is 1. The lowest BCUT2D eigenvalue weighted by molar-refractivity contribution is -0.0667. The first-order valence-corrected chi connectivity index (χ1v) is 8.54. The first kappa shape index (κ1) is 21.7. The number of hydrogen-bond acceptors (Lipinski definition) is 3. The molecule has 2 N–H and O–H groups in total. The van der Waals surface area contributed by atoms with Crippen molar-refractivity contribution >= 4 is 35.8 Å².